The molecule has 24 heavy (non-hydrogen) atoms. The van der Waals surface area contributed by atoms with Crippen molar-refractivity contribution in [1.29, 1.82) is 0 Å². The van der Waals surface area contributed by atoms with Crippen molar-refractivity contribution in [2.45, 2.75) is 25.4 Å². The number of urea groups is 1. The summed E-state index contributed by atoms with van der Waals surface area (Å²) in [6.07, 6.45) is 5.41. The molecule has 1 fully saturated rings. The molecule has 8 nitrogen and oxygen atoms in total. The molecule has 1 aromatic carbocycles. The van der Waals surface area contributed by atoms with Crippen LogP contribution in [-0.4, -0.2) is 26.2 Å². The molecule has 0 spiro atoms. The summed E-state index contributed by atoms with van der Waals surface area (Å²) in [7, 11) is 0. The van der Waals surface area contributed by atoms with Gasteiger partial charge in [-0.2, -0.15) is 0 Å². The molecule has 1 aliphatic rings. The molecule has 3 aromatic rings. The van der Waals surface area contributed by atoms with Crippen molar-refractivity contribution in [2.24, 2.45) is 0 Å². The zero-order valence-corrected chi connectivity index (χ0v) is 12.8. The maximum atomic E-state index is 11.9. The lowest BCUT2D eigenvalue weighted by Crippen LogP contribution is -2.27. The number of hydrogen-bond acceptors (Lipinski definition) is 5. The normalized spacial score (nSPS) is 13.7. The number of benzene rings is 1. The highest BCUT2D eigenvalue weighted by Gasteiger charge is 2.28. The van der Waals surface area contributed by atoms with Crippen LogP contribution in [0.25, 0.3) is 11.4 Å². The Balaban J connectivity index is 1.38. The number of carbonyl (C=O) groups is 1. The zero-order valence-electron chi connectivity index (χ0n) is 12.8. The van der Waals surface area contributed by atoms with Gasteiger partial charge in [-0.3, -0.25) is 0 Å². The third-order valence-corrected chi connectivity index (χ3v) is 3.82. The van der Waals surface area contributed by atoms with E-state index in [1.54, 1.807) is 18.6 Å². The molecule has 2 aromatic heterocycles. The molecule has 2 heterocycles. The van der Waals surface area contributed by atoms with Crippen molar-refractivity contribution in [1.82, 2.24) is 25.5 Å². The van der Waals surface area contributed by atoms with Crippen molar-refractivity contribution in [2.75, 3.05) is 5.32 Å². The fraction of sp³-hybridized carbons (Fsp3) is 0.250. The Morgan fingerprint density at radius 1 is 1.25 bits per heavy atom. The van der Waals surface area contributed by atoms with Crippen LogP contribution in [0.5, 0.6) is 0 Å². The molecule has 4 rings (SSSR count). The number of aromatic nitrogens is 4. The van der Waals surface area contributed by atoms with Crippen molar-refractivity contribution in [3.8, 4) is 11.4 Å². The number of furan rings is 1. The van der Waals surface area contributed by atoms with E-state index < -0.39 is 0 Å². The first-order valence-electron chi connectivity index (χ1n) is 7.74. The topological polar surface area (TPSA) is 97.9 Å². The van der Waals surface area contributed by atoms with Crippen molar-refractivity contribution in [3.63, 3.8) is 0 Å². The molecule has 1 saturated carbocycles. The number of carbonyl (C=O) groups excluding carboxylic acids is 1. The Labute approximate surface area is 137 Å². The maximum absolute atomic E-state index is 11.9. The lowest BCUT2D eigenvalue weighted by atomic mass is 10.2. The highest BCUT2D eigenvalue weighted by Crippen LogP contribution is 2.36. The lowest BCUT2D eigenvalue weighted by molar-refractivity contribution is 0.251. The van der Waals surface area contributed by atoms with E-state index in [2.05, 4.69) is 26.2 Å². The largest absolute Gasteiger partial charge is 0.472 e. The number of tetrazole rings is 1. The van der Waals surface area contributed by atoms with Gasteiger partial charge in [-0.05, 0) is 53.6 Å². The maximum Gasteiger partial charge on any atom is 0.319 e. The fourth-order valence-corrected chi connectivity index (χ4v) is 2.40. The predicted molar refractivity (Wildman–Crippen MR) is 86.1 cm³/mol. The number of nitrogens with one attached hydrogen (secondary N) is 2. The van der Waals surface area contributed by atoms with Crippen LogP contribution >= 0.6 is 0 Å². The summed E-state index contributed by atoms with van der Waals surface area (Å²) in [6, 6.07) is 9.41. The van der Waals surface area contributed by atoms with E-state index in [1.807, 2.05) is 28.9 Å². The average molecular weight is 324 g/mol. The van der Waals surface area contributed by atoms with Crippen LogP contribution in [0, 0.1) is 0 Å². The Bertz CT molecular complexity index is 821. The minimum Gasteiger partial charge on any atom is -0.472 e. The number of amides is 2. The van der Waals surface area contributed by atoms with E-state index in [0.29, 0.717) is 18.3 Å². The number of nitrogens with zero attached hydrogens (tertiary/aromatic N) is 4. The molecule has 122 valence electrons. The van der Waals surface area contributed by atoms with Gasteiger partial charge >= 0.3 is 6.03 Å². The van der Waals surface area contributed by atoms with Crippen LogP contribution < -0.4 is 10.6 Å². The van der Waals surface area contributed by atoms with Gasteiger partial charge in [0, 0.05) is 23.4 Å². The Kier molecular flexibility index (Phi) is 3.70. The minimum absolute atomic E-state index is 0.272. The third kappa shape index (κ3) is 3.12. The van der Waals surface area contributed by atoms with Crippen LogP contribution in [0.3, 0.4) is 0 Å². The van der Waals surface area contributed by atoms with Gasteiger partial charge in [0.2, 0.25) is 0 Å². The van der Waals surface area contributed by atoms with Crippen LogP contribution in [-0.2, 0) is 6.54 Å². The van der Waals surface area contributed by atoms with Crippen LogP contribution in [0.4, 0.5) is 10.5 Å². The second kappa shape index (κ2) is 6.15. The molecule has 1 aliphatic carbocycles. The van der Waals surface area contributed by atoms with Gasteiger partial charge < -0.3 is 15.1 Å². The summed E-state index contributed by atoms with van der Waals surface area (Å²) < 4.78 is 6.82. The molecular weight excluding hydrogens is 308 g/mol. The number of hydrogen-bond donors (Lipinski definition) is 2. The van der Waals surface area contributed by atoms with Gasteiger partial charge in [0.1, 0.15) is 0 Å². The van der Waals surface area contributed by atoms with E-state index in [0.717, 1.165) is 29.8 Å². The molecule has 0 radical (unpaired) electrons. The lowest BCUT2D eigenvalue weighted by Gasteiger charge is -2.08. The Hall–Kier alpha value is -3.16. The second-order valence-corrected chi connectivity index (χ2v) is 5.69. The van der Waals surface area contributed by atoms with Crippen molar-refractivity contribution in [3.05, 3.63) is 48.4 Å². The van der Waals surface area contributed by atoms with Gasteiger partial charge in [-0.15, -0.1) is 5.10 Å². The van der Waals surface area contributed by atoms with Crippen LogP contribution in [0.1, 0.15) is 24.4 Å². The first kappa shape index (κ1) is 14.4. The first-order chi connectivity index (χ1) is 11.8. The SMILES string of the molecule is O=C(NCc1ccoc1)Nc1ccc(-c2nnnn2C2CC2)cc1. The van der Waals surface area contributed by atoms with E-state index in [1.165, 1.54) is 0 Å². The fourth-order valence-electron chi connectivity index (χ4n) is 2.40. The predicted octanol–water partition coefficient (Wildman–Crippen LogP) is 2.59. The standard InChI is InChI=1S/C16H16N6O2/c23-16(17-9-11-7-8-24-10-11)18-13-3-1-12(2-4-13)15-19-20-21-22(15)14-5-6-14/h1-4,7-8,10,14H,5-6,9H2,(H2,17,18,23). The van der Waals surface area contributed by atoms with Gasteiger partial charge in [-0.1, -0.05) is 0 Å². The second-order valence-electron chi connectivity index (χ2n) is 5.69. The molecule has 0 aliphatic heterocycles. The van der Waals surface area contributed by atoms with E-state index in [4.69, 9.17) is 4.42 Å². The molecule has 2 N–H and O–H groups in total. The third-order valence-electron chi connectivity index (χ3n) is 3.82. The molecule has 8 heteroatoms. The molecule has 0 unspecified atom stereocenters. The average Bonchev–Trinajstić information content (AvgIpc) is 3.11. The smallest absolute Gasteiger partial charge is 0.319 e. The van der Waals surface area contributed by atoms with Crippen molar-refractivity contribution >= 4 is 11.7 Å². The summed E-state index contributed by atoms with van der Waals surface area (Å²) in [5, 5.41) is 17.4. The van der Waals surface area contributed by atoms with Gasteiger partial charge in [0.15, 0.2) is 5.82 Å². The van der Waals surface area contributed by atoms with E-state index in [9.17, 15) is 4.79 Å². The monoisotopic (exact) mass is 324 g/mol. The van der Waals surface area contributed by atoms with E-state index >= 15 is 0 Å². The zero-order chi connectivity index (χ0) is 16.4. The Morgan fingerprint density at radius 3 is 2.79 bits per heavy atom. The van der Waals surface area contributed by atoms with Crippen LogP contribution in [0.2, 0.25) is 0 Å². The molecular formula is C16H16N6O2. The number of anilines is 1. The van der Waals surface area contributed by atoms with Gasteiger partial charge in [0.05, 0.1) is 18.6 Å². The summed E-state index contributed by atoms with van der Waals surface area (Å²) in [6.45, 7) is 0.413. The quantitative estimate of drug-likeness (QED) is 0.751. The Morgan fingerprint density at radius 2 is 2.08 bits per heavy atom. The first-order valence-corrected chi connectivity index (χ1v) is 7.74. The molecule has 2 amide bonds. The number of rotatable bonds is 5. The summed E-state index contributed by atoms with van der Waals surface area (Å²) in [5.41, 5.74) is 2.54. The highest BCUT2D eigenvalue weighted by atomic mass is 16.3. The van der Waals surface area contributed by atoms with Gasteiger partial charge in [0.25, 0.3) is 0 Å². The summed E-state index contributed by atoms with van der Waals surface area (Å²) >= 11 is 0. The van der Waals surface area contributed by atoms with E-state index in [-0.39, 0.29) is 6.03 Å². The highest BCUT2D eigenvalue weighted by molar-refractivity contribution is 5.89. The van der Waals surface area contributed by atoms with Crippen LogP contribution in [0.15, 0.2) is 47.3 Å². The molecule has 0 atom stereocenters. The minimum atomic E-state index is -0.272. The van der Waals surface area contributed by atoms with Gasteiger partial charge in [-0.25, -0.2) is 9.48 Å². The summed E-state index contributed by atoms with van der Waals surface area (Å²) in [4.78, 5) is 11.9. The molecule has 0 saturated heterocycles. The summed E-state index contributed by atoms with van der Waals surface area (Å²) in [5.74, 6) is 0.758. The molecule has 0 bridgehead atoms. The van der Waals surface area contributed by atoms with Crippen molar-refractivity contribution < 1.29 is 9.21 Å².